The van der Waals surface area contributed by atoms with Crippen LogP contribution in [0.15, 0.2) is 60.9 Å². The monoisotopic (exact) mass is 184 g/mol. The minimum Gasteiger partial charge on any atom is -0.458 e. The molecule has 2 rings (SSSR count). The molecule has 70 valence electrons. The van der Waals surface area contributed by atoms with E-state index in [9.17, 15) is 0 Å². The van der Waals surface area contributed by atoms with Gasteiger partial charge in [-0.15, -0.1) is 0 Å². The standard InChI is InChI=1S/C13H12O/c1-11-7-3-2-4-8-12-9-5-6-10-13(12)14-11/h2-7,9-10H,1,8H2/b4-2-,7-3-. The first-order chi connectivity index (χ1) is 6.86. The minimum absolute atomic E-state index is 0.670. The smallest absolute Gasteiger partial charge is 0.130 e. The van der Waals surface area contributed by atoms with Crippen LogP contribution in [-0.2, 0) is 6.42 Å². The lowest BCUT2D eigenvalue weighted by Gasteiger charge is -2.08. The van der Waals surface area contributed by atoms with E-state index >= 15 is 0 Å². The van der Waals surface area contributed by atoms with Crippen molar-refractivity contribution in [2.24, 2.45) is 0 Å². The Hall–Kier alpha value is -1.76. The molecule has 0 spiro atoms. The van der Waals surface area contributed by atoms with E-state index in [1.807, 2.05) is 36.4 Å². The van der Waals surface area contributed by atoms with Gasteiger partial charge in [0.25, 0.3) is 0 Å². The van der Waals surface area contributed by atoms with Crippen molar-refractivity contribution in [1.82, 2.24) is 0 Å². The zero-order valence-electron chi connectivity index (χ0n) is 7.94. The maximum atomic E-state index is 5.60. The van der Waals surface area contributed by atoms with Crippen molar-refractivity contribution in [2.45, 2.75) is 6.42 Å². The largest absolute Gasteiger partial charge is 0.458 e. The lowest BCUT2D eigenvalue weighted by molar-refractivity contribution is 0.443. The van der Waals surface area contributed by atoms with Crippen LogP contribution >= 0.6 is 0 Å². The molecular weight excluding hydrogens is 172 g/mol. The summed E-state index contributed by atoms with van der Waals surface area (Å²) in [6.07, 6.45) is 8.81. The molecule has 14 heavy (non-hydrogen) atoms. The normalized spacial score (nSPS) is 19.6. The summed E-state index contributed by atoms with van der Waals surface area (Å²) in [5.74, 6) is 1.57. The fourth-order valence-electron chi connectivity index (χ4n) is 1.38. The molecule has 0 fully saturated rings. The summed E-state index contributed by atoms with van der Waals surface area (Å²) in [4.78, 5) is 0. The van der Waals surface area contributed by atoms with E-state index in [0.29, 0.717) is 5.76 Å². The summed E-state index contributed by atoms with van der Waals surface area (Å²) >= 11 is 0. The molecule has 0 atom stereocenters. The van der Waals surface area contributed by atoms with Gasteiger partial charge in [0.1, 0.15) is 11.5 Å². The Morgan fingerprint density at radius 1 is 1.14 bits per heavy atom. The van der Waals surface area contributed by atoms with Gasteiger partial charge < -0.3 is 4.74 Å². The topological polar surface area (TPSA) is 9.23 Å². The number of hydrogen-bond donors (Lipinski definition) is 0. The predicted octanol–water partition coefficient (Wildman–Crippen LogP) is 3.25. The SMILES string of the molecule is C=C1/C=C\C=C/Cc2ccccc2O1. The van der Waals surface area contributed by atoms with Crippen molar-refractivity contribution in [3.8, 4) is 5.75 Å². The predicted molar refractivity (Wildman–Crippen MR) is 58.2 cm³/mol. The van der Waals surface area contributed by atoms with Gasteiger partial charge in [0.2, 0.25) is 0 Å². The Morgan fingerprint density at radius 3 is 2.93 bits per heavy atom. The molecular formula is C13H12O. The number of ether oxygens (including phenoxy) is 1. The maximum absolute atomic E-state index is 5.60. The molecule has 0 saturated heterocycles. The van der Waals surface area contributed by atoms with Gasteiger partial charge in [-0.3, -0.25) is 0 Å². The van der Waals surface area contributed by atoms with E-state index in [-0.39, 0.29) is 0 Å². The molecule has 1 aliphatic rings. The molecule has 0 saturated carbocycles. The first-order valence-corrected chi connectivity index (χ1v) is 4.64. The van der Waals surface area contributed by atoms with Gasteiger partial charge in [0.05, 0.1) is 0 Å². The van der Waals surface area contributed by atoms with Gasteiger partial charge in [0, 0.05) is 0 Å². The van der Waals surface area contributed by atoms with Gasteiger partial charge in [-0.05, 0) is 24.1 Å². The maximum Gasteiger partial charge on any atom is 0.130 e. The lowest BCUT2D eigenvalue weighted by atomic mass is 10.1. The van der Waals surface area contributed by atoms with Crippen LogP contribution in [0, 0.1) is 0 Å². The second kappa shape index (κ2) is 3.97. The highest BCUT2D eigenvalue weighted by atomic mass is 16.5. The molecule has 0 bridgehead atoms. The van der Waals surface area contributed by atoms with Crippen molar-refractivity contribution < 1.29 is 4.74 Å². The van der Waals surface area contributed by atoms with Crippen molar-refractivity contribution in [2.75, 3.05) is 0 Å². The molecule has 1 heteroatoms. The Bertz CT molecular complexity index is 399. The summed E-state index contributed by atoms with van der Waals surface area (Å²) in [5, 5.41) is 0. The molecule has 1 aromatic carbocycles. The molecule has 1 nitrogen and oxygen atoms in total. The van der Waals surface area contributed by atoms with Crippen molar-refractivity contribution in [3.05, 3.63) is 66.5 Å². The highest BCUT2D eigenvalue weighted by Crippen LogP contribution is 2.21. The summed E-state index contributed by atoms with van der Waals surface area (Å²) in [6.45, 7) is 3.81. The summed E-state index contributed by atoms with van der Waals surface area (Å²) in [7, 11) is 0. The fourth-order valence-corrected chi connectivity index (χ4v) is 1.38. The molecule has 0 amide bonds. The van der Waals surface area contributed by atoms with Crippen molar-refractivity contribution in [3.63, 3.8) is 0 Å². The summed E-state index contributed by atoms with van der Waals surface area (Å²) < 4.78 is 5.60. The quantitative estimate of drug-likeness (QED) is 0.601. The highest BCUT2D eigenvalue weighted by Gasteiger charge is 2.02. The number of allylic oxidation sites excluding steroid dienone is 4. The second-order valence-electron chi connectivity index (χ2n) is 3.17. The highest BCUT2D eigenvalue weighted by molar-refractivity contribution is 5.38. The van der Waals surface area contributed by atoms with E-state index in [4.69, 9.17) is 4.74 Å². The lowest BCUT2D eigenvalue weighted by Crippen LogP contribution is -1.93. The van der Waals surface area contributed by atoms with Crippen molar-refractivity contribution >= 4 is 0 Å². The van der Waals surface area contributed by atoms with E-state index in [0.717, 1.165) is 12.2 Å². The van der Waals surface area contributed by atoms with Crippen LogP contribution in [-0.4, -0.2) is 0 Å². The third-order valence-electron chi connectivity index (χ3n) is 2.08. The van der Waals surface area contributed by atoms with Crippen LogP contribution in [0.25, 0.3) is 0 Å². The Balaban J connectivity index is 2.39. The number of benzene rings is 1. The van der Waals surface area contributed by atoms with E-state index in [2.05, 4.69) is 18.7 Å². The third-order valence-corrected chi connectivity index (χ3v) is 2.08. The van der Waals surface area contributed by atoms with Gasteiger partial charge in [-0.25, -0.2) is 0 Å². The second-order valence-corrected chi connectivity index (χ2v) is 3.17. The van der Waals surface area contributed by atoms with Crippen molar-refractivity contribution in [1.29, 1.82) is 0 Å². The Labute approximate surface area is 84.0 Å². The van der Waals surface area contributed by atoms with E-state index in [1.165, 1.54) is 5.56 Å². The fraction of sp³-hybridized carbons (Fsp3) is 0.0769. The molecule has 0 radical (unpaired) electrons. The summed E-state index contributed by atoms with van der Waals surface area (Å²) in [6, 6.07) is 8.02. The van der Waals surface area contributed by atoms with E-state index in [1.54, 1.807) is 0 Å². The van der Waals surface area contributed by atoms with Gasteiger partial charge in [0.15, 0.2) is 0 Å². The number of hydrogen-bond acceptors (Lipinski definition) is 1. The molecule has 0 unspecified atom stereocenters. The van der Waals surface area contributed by atoms with Crippen LogP contribution in [0.5, 0.6) is 5.75 Å². The molecule has 1 aromatic rings. The first kappa shape index (κ1) is 8.82. The average Bonchev–Trinajstić information content (AvgIpc) is 2.27. The summed E-state index contributed by atoms with van der Waals surface area (Å²) in [5.41, 5.74) is 1.19. The molecule has 0 aliphatic carbocycles. The van der Waals surface area contributed by atoms with Crippen LogP contribution in [0.4, 0.5) is 0 Å². The van der Waals surface area contributed by atoms with Gasteiger partial charge in [-0.1, -0.05) is 43.0 Å². The van der Waals surface area contributed by atoms with Gasteiger partial charge in [-0.2, -0.15) is 0 Å². The van der Waals surface area contributed by atoms with Gasteiger partial charge >= 0.3 is 0 Å². The minimum atomic E-state index is 0.670. The van der Waals surface area contributed by atoms with Crippen LogP contribution in [0.1, 0.15) is 5.56 Å². The third kappa shape index (κ3) is 1.94. The molecule has 1 heterocycles. The Morgan fingerprint density at radius 2 is 2.00 bits per heavy atom. The average molecular weight is 184 g/mol. The van der Waals surface area contributed by atoms with E-state index < -0.39 is 0 Å². The zero-order valence-corrected chi connectivity index (χ0v) is 7.94. The number of para-hydroxylation sites is 1. The number of fused-ring (bicyclic) bond motifs is 1. The number of rotatable bonds is 0. The molecule has 0 aromatic heterocycles. The van der Waals surface area contributed by atoms with Crippen LogP contribution in [0.2, 0.25) is 0 Å². The first-order valence-electron chi connectivity index (χ1n) is 4.64. The molecule has 0 N–H and O–H groups in total. The molecule has 1 aliphatic heterocycles. The Kier molecular flexibility index (Phi) is 2.50. The van der Waals surface area contributed by atoms with Crippen LogP contribution < -0.4 is 4.74 Å². The van der Waals surface area contributed by atoms with Crippen LogP contribution in [0.3, 0.4) is 0 Å². The zero-order chi connectivity index (χ0) is 9.80.